The van der Waals surface area contributed by atoms with Crippen LogP contribution in [0.1, 0.15) is 58.5 Å². The predicted octanol–water partition coefficient (Wildman–Crippen LogP) is 4.81. The number of thiophene rings is 1. The zero-order valence-electron chi connectivity index (χ0n) is 19.9. The molecule has 0 radical (unpaired) electrons. The number of hydrogen-bond donors (Lipinski definition) is 3. The quantitative estimate of drug-likeness (QED) is 0.417. The molecule has 2 unspecified atom stereocenters. The van der Waals surface area contributed by atoms with Crippen molar-refractivity contribution in [1.29, 1.82) is 5.26 Å². The molecular formula is C26H29N5O3S. The molecule has 0 saturated carbocycles. The number of nitriles is 1. The summed E-state index contributed by atoms with van der Waals surface area (Å²) >= 11 is 1.46. The van der Waals surface area contributed by atoms with E-state index in [1.54, 1.807) is 6.20 Å². The molecule has 2 amide bonds. The molecule has 2 aromatic heterocycles. The van der Waals surface area contributed by atoms with Crippen molar-refractivity contribution in [2.24, 2.45) is 5.92 Å². The van der Waals surface area contributed by atoms with E-state index in [0.717, 1.165) is 46.5 Å². The number of ether oxygens (including phenoxy) is 1. The summed E-state index contributed by atoms with van der Waals surface area (Å²) in [6, 6.07) is 12.2. The first-order valence-corrected chi connectivity index (χ1v) is 12.5. The zero-order valence-corrected chi connectivity index (χ0v) is 20.7. The van der Waals surface area contributed by atoms with Crippen LogP contribution in [0.25, 0.3) is 0 Å². The van der Waals surface area contributed by atoms with Crippen LogP contribution in [-0.2, 0) is 28.9 Å². The number of amides is 2. The molecule has 0 bridgehead atoms. The van der Waals surface area contributed by atoms with Gasteiger partial charge in [-0.25, -0.2) is 4.79 Å². The summed E-state index contributed by atoms with van der Waals surface area (Å²) in [5, 5.41) is 22.9. The number of carbonyl (C=O) groups excluding carboxylic acids is 2. The van der Waals surface area contributed by atoms with Crippen LogP contribution >= 0.6 is 11.3 Å². The molecule has 0 spiro atoms. The van der Waals surface area contributed by atoms with Crippen molar-refractivity contribution < 1.29 is 14.3 Å². The molecule has 182 valence electrons. The lowest BCUT2D eigenvalue weighted by Crippen LogP contribution is -2.27. The van der Waals surface area contributed by atoms with Gasteiger partial charge in [0.25, 0.3) is 0 Å². The summed E-state index contributed by atoms with van der Waals surface area (Å²) < 4.78 is 5.44. The number of H-pyrrole nitrogens is 1. The van der Waals surface area contributed by atoms with Crippen LogP contribution in [0, 0.1) is 24.2 Å². The maximum absolute atomic E-state index is 12.7. The maximum atomic E-state index is 12.7. The Labute approximate surface area is 208 Å². The number of rotatable bonds is 8. The number of fused-ring (bicyclic) bond motifs is 1. The standard InChI is InChI=1S/C26H29N5O3S/c1-16(19-6-4-3-5-7-19)10-24(32)30-25-22(12-27)21-9-8-18(11-23(21)35-25)15-34-26(33)28-13-20-14-29-31-17(20)2/h3-7,14,16,18H,8-11,13,15H2,1-2H3,(H,28,33)(H,29,31)(H,30,32). The minimum Gasteiger partial charge on any atom is -0.449 e. The molecule has 2 atom stereocenters. The molecule has 9 heteroatoms. The van der Waals surface area contributed by atoms with Gasteiger partial charge in [0, 0.05) is 29.1 Å². The van der Waals surface area contributed by atoms with Gasteiger partial charge in [0.05, 0.1) is 18.4 Å². The minimum atomic E-state index is -0.458. The Morgan fingerprint density at radius 1 is 1.34 bits per heavy atom. The SMILES string of the molecule is Cc1[nH]ncc1CNC(=O)OCC1CCc2c(sc(NC(=O)CC(C)c3ccccc3)c2C#N)C1. The fourth-order valence-corrected chi connectivity index (χ4v) is 5.65. The number of alkyl carbamates (subject to hydrolysis) is 1. The topological polar surface area (TPSA) is 120 Å². The highest BCUT2D eigenvalue weighted by molar-refractivity contribution is 7.16. The van der Waals surface area contributed by atoms with Gasteiger partial charge >= 0.3 is 6.09 Å². The summed E-state index contributed by atoms with van der Waals surface area (Å²) in [5.74, 6) is 0.165. The average Bonchev–Trinajstić information content (AvgIpc) is 3.43. The molecule has 2 heterocycles. The summed E-state index contributed by atoms with van der Waals surface area (Å²) in [5.41, 5.74) is 4.52. The lowest BCUT2D eigenvalue weighted by molar-refractivity contribution is -0.116. The summed E-state index contributed by atoms with van der Waals surface area (Å²) in [6.45, 7) is 4.59. The summed E-state index contributed by atoms with van der Waals surface area (Å²) in [4.78, 5) is 25.9. The Hall–Kier alpha value is -3.64. The van der Waals surface area contributed by atoms with Crippen LogP contribution in [0.15, 0.2) is 36.5 Å². The molecular weight excluding hydrogens is 462 g/mol. The van der Waals surface area contributed by atoms with Crippen LogP contribution in [0.5, 0.6) is 0 Å². The van der Waals surface area contributed by atoms with Crippen molar-refractivity contribution in [3.8, 4) is 6.07 Å². The van der Waals surface area contributed by atoms with E-state index in [1.165, 1.54) is 11.3 Å². The molecule has 0 saturated heterocycles. The van der Waals surface area contributed by atoms with E-state index in [4.69, 9.17) is 4.74 Å². The normalized spacial score (nSPS) is 15.5. The van der Waals surface area contributed by atoms with Gasteiger partial charge < -0.3 is 15.4 Å². The van der Waals surface area contributed by atoms with Crippen molar-refractivity contribution in [2.45, 2.75) is 52.0 Å². The number of hydrogen-bond acceptors (Lipinski definition) is 6. The number of nitrogens with zero attached hydrogens (tertiary/aromatic N) is 2. The van der Waals surface area contributed by atoms with Gasteiger partial charge in [-0.1, -0.05) is 37.3 Å². The van der Waals surface area contributed by atoms with E-state index in [-0.39, 0.29) is 17.7 Å². The van der Waals surface area contributed by atoms with Crippen molar-refractivity contribution >= 4 is 28.3 Å². The number of carbonyl (C=O) groups is 2. The van der Waals surface area contributed by atoms with Crippen molar-refractivity contribution in [1.82, 2.24) is 15.5 Å². The van der Waals surface area contributed by atoms with E-state index in [1.807, 2.05) is 44.2 Å². The Morgan fingerprint density at radius 2 is 2.14 bits per heavy atom. The van der Waals surface area contributed by atoms with Gasteiger partial charge in [-0.05, 0) is 49.1 Å². The monoisotopic (exact) mass is 491 g/mol. The molecule has 1 aromatic carbocycles. The predicted molar refractivity (Wildman–Crippen MR) is 134 cm³/mol. The smallest absolute Gasteiger partial charge is 0.407 e. The second kappa shape index (κ2) is 11.2. The van der Waals surface area contributed by atoms with E-state index in [9.17, 15) is 14.9 Å². The largest absolute Gasteiger partial charge is 0.449 e. The molecule has 3 aromatic rings. The van der Waals surface area contributed by atoms with Gasteiger partial charge in [-0.2, -0.15) is 10.4 Å². The zero-order chi connectivity index (χ0) is 24.8. The highest BCUT2D eigenvalue weighted by atomic mass is 32.1. The first-order chi connectivity index (χ1) is 16.9. The fraction of sp³-hybridized carbons (Fsp3) is 0.385. The second-order valence-corrected chi connectivity index (χ2v) is 10.1. The minimum absolute atomic E-state index is 0.0846. The first-order valence-electron chi connectivity index (χ1n) is 11.7. The number of aryl methyl sites for hydroxylation is 1. The van der Waals surface area contributed by atoms with Crippen LogP contribution in [0.3, 0.4) is 0 Å². The second-order valence-electron chi connectivity index (χ2n) is 8.96. The third kappa shape index (κ3) is 6.08. The molecule has 4 rings (SSSR count). The van der Waals surface area contributed by atoms with Gasteiger partial charge in [0.15, 0.2) is 0 Å². The highest BCUT2D eigenvalue weighted by Gasteiger charge is 2.27. The van der Waals surface area contributed by atoms with Crippen LogP contribution in [0.2, 0.25) is 0 Å². The molecule has 1 aliphatic carbocycles. The molecule has 0 aliphatic heterocycles. The number of nitrogens with one attached hydrogen (secondary N) is 3. The Morgan fingerprint density at radius 3 is 2.86 bits per heavy atom. The van der Waals surface area contributed by atoms with Crippen LogP contribution in [-0.4, -0.2) is 28.8 Å². The number of aromatic amines is 1. The molecule has 3 N–H and O–H groups in total. The molecule has 35 heavy (non-hydrogen) atoms. The lowest BCUT2D eigenvalue weighted by Gasteiger charge is -2.21. The van der Waals surface area contributed by atoms with Crippen LogP contribution in [0.4, 0.5) is 9.80 Å². The average molecular weight is 492 g/mol. The molecule has 0 fully saturated rings. The van der Waals surface area contributed by atoms with E-state index >= 15 is 0 Å². The van der Waals surface area contributed by atoms with E-state index < -0.39 is 6.09 Å². The van der Waals surface area contributed by atoms with Crippen molar-refractivity contribution in [3.63, 3.8) is 0 Å². The van der Waals surface area contributed by atoms with Gasteiger partial charge in [0.1, 0.15) is 11.1 Å². The molecule has 8 nitrogen and oxygen atoms in total. The van der Waals surface area contributed by atoms with Gasteiger partial charge in [-0.15, -0.1) is 11.3 Å². The lowest BCUT2D eigenvalue weighted by atomic mass is 9.88. The third-order valence-corrected chi connectivity index (χ3v) is 7.57. The Kier molecular flexibility index (Phi) is 7.83. The third-order valence-electron chi connectivity index (χ3n) is 6.40. The fourth-order valence-electron chi connectivity index (χ4n) is 4.32. The number of benzene rings is 1. The molecule has 1 aliphatic rings. The summed E-state index contributed by atoms with van der Waals surface area (Å²) in [7, 11) is 0. The number of anilines is 1. The maximum Gasteiger partial charge on any atom is 0.407 e. The van der Waals surface area contributed by atoms with E-state index in [2.05, 4.69) is 26.9 Å². The summed E-state index contributed by atoms with van der Waals surface area (Å²) in [6.07, 6.45) is 3.85. The van der Waals surface area contributed by atoms with Crippen molar-refractivity contribution in [2.75, 3.05) is 11.9 Å². The van der Waals surface area contributed by atoms with E-state index in [0.29, 0.717) is 30.1 Å². The highest BCUT2D eigenvalue weighted by Crippen LogP contribution is 2.39. The Bertz CT molecular complexity index is 1230. The number of aromatic nitrogens is 2. The first kappa shape index (κ1) is 24.5. The van der Waals surface area contributed by atoms with Gasteiger partial charge in [0.2, 0.25) is 5.91 Å². The van der Waals surface area contributed by atoms with Gasteiger partial charge in [-0.3, -0.25) is 9.89 Å². The van der Waals surface area contributed by atoms with Crippen molar-refractivity contribution in [3.05, 3.63) is 69.4 Å². The Balaban J connectivity index is 1.31. The van der Waals surface area contributed by atoms with Crippen LogP contribution < -0.4 is 10.6 Å².